The molecule has 0 aliphatic rings. The third-order valence-corrected chi connectivity index (χ3v) is 4.00. The van der Waals surface area contributed by atoms with Crippen molar-refractivity contribution in [2.75, 3.05) is 0 Å². The SMILES string of the molecule is CC(C)(C)OC(=O)NCc1nn(-c2ccc(OC(F)F)cc2)c2nccc(CO)c12. The van der Waals surface area contributed by atoms with Gasteiger partial charge < -0.3 is 19.9 Å². The number of amides is 1. The van der Waals surface area contributed by atoms with Crippen molar-refractivity contribution >= 4 is 17.1 Å². The molecule has 0 radical (unpaired) electrons. The van der Waals surface area contributed by atoms with Crippen LogP contribution in [0.1, 0.15) is 32.0 Å². The van der Waals surface area contributed by atoms with Crippen molar-refractivity contribution in [2.24, 2.45) is 0 Å². The van der Waals surface area contributed by atoms with Crippen molar-refractivity contribution in [2.45, 2.75) is 46.1 Å². The summed E-state index contributed by atoms with van der Waals surface area (Å²) in [6.45, 7) is 2.15. The molecule has 2 aromatic heterocycles. The Labute approximate surface area is 171 Å². The Kier molecular flexibility index (Phi) is 6.16. The van der Waals surface area contributed by atoms with Crippen molar-refractivity contribution in [1.29, 1.82) is 0 Å². The summed E-state index contributed by atoms with van der Waals surface area (Å²) in [5.74, 6) is 0.0148. The first-order valence-corrected chi connectivity index (χ1v) is 9.16. The van der Waals surface area contributed by atoms with Crippen molar-refractivity contribution in [3.05, 3.63) is 47.8 Å². The molecule has 0 bridgehead atoms. The molecule has 10 heteroatoms. The lowest BCUT2D eigenvalue weighted by molar-refractivity contribution is -0.0498. The van der Waals surface area contributed by atoms with Crippen LogP contribution >= 0.6 is 0 Å². The number of benzene rings is 1. The van der Waals surface area contributed by atoms with Crippen LogP contribution in [0.25, 0.3) is 16.7 Å². The minimum atomic E-state index is -2.92. The van der Waals surface area contributed by atoms with Crippen LogP contribution in [0.3, 0.4) is 0 Å². The number of nitrogens with zero attached hydrogens (tertiary/aromatic N) is 3. The molecule has 0 saturated heterocycles. The van der Waals surface area contributed by atoms with Crippen LogP contribution in [0, 0.1) is 0 Å². The number of carbonyl (C=O) groups excluding carboxylic acids is 1. The highest BCUT2D eigenvalue weighted by Gasteiger charge is 2.20. The van der Waals surface area contributed by atoms with Crippen molar-refractivity contribution < 1.29 is 28.2 Å². The molecule has 0 atom stereocenters. The van der Waals surface area contributed by atoms with Gasteiger partial charge in [0.1, 0.15) is 11.4 Å². The number of ether oxygens (including phenoxy) is 2. The molecule has 0 aliphatic carbocycles. The largest absolute Gasteiger partial charge is 0.444 e. The molecule has 0 fully saturated rings. The van der Waals surface area contributed by atoms with Crippen LogP contribution in [0.5, 0.6) is 5.75 Å². The molecule has 0 saturated carbocycles. The number of aromatic nitrogens is 3. The average molecular weight is 420 g/mol. The van der Waals surface area contributed by atoms with Crippen LogP contribution < -0.4 is 10.1 Å². The minimum Gasteiger partial charge on any atom is -0.444 e. The summed E-state index contributed by atoms with van der Waals surface area (Å²) < 4.78 is 35.9. The van der Waals surface area contributed by atoms with E-state index in [1.54, 1.807) is 39.0 Å². The number of nitrogens with one attached hydrogen (secondary N) is 1. The molecule has 8 nitrogen and oxygen atoms in total. The first kappa shape index (κ1) is 21.4. The molecular weight excluding hydrogens is 398 g/mol. The van der Waals surface area contributed by atoms with E-state index in [4.69, 9.17) is 4.74 Å². The number of aliphatic hydroxyl groups is 1. The first-order valence-electron chi connectivity index (χ1n) is 9.16. The maximum atomic E-state index is 12.4. The number of alkyl carbamates (subject to hydrolysis) is 1. The number of hydrogen-bond acceptors (Lipinski definition) is 6. The van der Waals surface area contributed by atoms with Gasteiger partial charge in [0.15, 0.2) is 5.65 Å². The molecule has 0 unspecified atom stereocenters. The summed E-state index contributed by atoms with van der Waals surface area (Å²) in [6.07, 6.45) is 0.930. The molecule has 2 N–H and O–H groups in total. The second-order valence-corrected chi connectivity index (χ2v) is 7.41. The molecule has 3 rings (SSSR count). The van der Waals surface area contributed by atoms with Gasteiger partial charge in [-0.1, -0.05) is 0 Å². The van der Waals surface area contributed by atoms with Gasteiger partial charge in [0.25, 0.3) is 0 Å². The van der Waals surface area contributed by atoms with Gasteiger partial charge in [-0.15, -0.1) is 0 Å². The van der Waals surface area contributed by atoms with E-state index in [1.165, 1.54) is 23.0 Å². The van der Waals surface area contributed by atoms with Gasteiger partial charge in [0.2, 0.25) is 0 Å². The summed E-state index contributed by atoms with van der Waals surface area (Å²) >= 11 is 0. The Morgan fingerprint density at radius 3 is 2.53 bits per heavy atom. The number of hydrogen-bond donors (Lipinski definition) is 2. The van der Waals surface area contributed by atoms with E-state index in [0.29, 0.717) is 28.0 Å². The minimum absolute atomic E-state index is 0.0148. The number of pyridine rings is 1. The number of rotatable bonds is 6. The lowest BCUT2D eigenvalue weighted by Gasteiger charge is -2.19. The number of fused-ring (bicyclic) bond motifs is 1. The lowest BCUT2D eigenvalue weighted by Crippen LogP contribution is -2.32. The van der Waals surface area contributed by atoms with Gasteiger partial charge in [0.05, 0.1) is 24.5 Å². The molecule has 160 valence electrons. The summed E-state index contributed by atoms with van der Waals surface area (Å²) in [5, 5.41) is 17.5. The van der Waals surface area contributed by atoms with E-state index in [9.17, 15) is 18.7 Å². The molecule has 0 aliphatic heterocycles. The standard InChI is InChI=1S/C20H22F2N4O4/c1-20(2,3)30-19(28)24-10-15-16-12(11-27)8-9-23-17(16)26(25-15)13-4-6-14(7-5-13)29-18(21)22/h4-9,18,27H,10-11H2,1-3H3,(H,24,28). The third-order valence-electron chi connectivity index (χ3n) is 4.00. The maximum absolute atomic E-state index is 12.4. The van der Waals surface area contributed by atoms with Gasteiger partial charge in [0, 0.05) is 11.6 Å². The zero-order valence-electron chi connectivity index (χ0n) is 16.7. The van der Waals surface area contributed by atoms with Crippen LogP contribution in [0.2, 0.25) is 0 Å². The second kappa shape index (κ2) is 8.62. The van der Waals surface area contributed by atoms with E-state index >= 15 is 0 Å². The van der Waals surface area contributed by atoms with Gasteiger partial charge in [-0.05, 0) is 56.7 Å². The van der Waals surface area contributed by atoms with Crippen molar-refractivity contribution in [3.8, 4) is 11.4 Å². The quantitative estimate of drug-likeness (QED) is 0.633. The highest BCUT2D eigenvalue weighted by atomic mass is 19.3. The monoisotopic (exact) mass is 420 g/mol. The Morgan fingerprint density at radius 1 is 1.23 bits per heavy atom. The molecule has 1 amide bonds. The molecule has 0 spiro atoms. The molecule has 1 aromatic carbocycles. The van der Waals surface area contributed by atoms with E-state index < -0.39 is 18.3 Å². The Morgan fingerprint density at radius 2 is 1.93 bits per heavy atom. The van der Waals surface area contributed by atoms with Crippen LogP contribution in [0.4, 0.5) is 13.6 Å². The molecular formula is C20H22F2N4O4. The van der Waals surface area contributed by atoms with Crippen molar-refractivity contribution in [3.63, 3.8) is 0 Å². The molecule has 2 heterocycles. The van der Waals surface area contributed by atoms with Crippen LogP contribution in [-0.4, -0.2) is 38.2 Å². The average Bonchev–Trinajstić information content (AvgIpc) is 3.04. The Bertz CT molecular complexity index is 1030. The zero-order valence-corrected chi connectivity index (χ0v) is 16.7. The third kappa shape index (κ3) is 5.01. The predicted octanol–water partition coefficient (Wildman–Crippen LogP) is 3.54. The first-order chi connectivity index (χ1) is 14.2. The van der Waals surface area contributed by atoms with Gasteiger partial charge in [-0.25, -0.2) is 14.5 Å². The second-order valence-electron chi connectivity index (χ2n) is 7.41. The van der Waals surface area contributed by atoms with E-state index in [-0.39, 0.29) is 18.9 Å². The number of halogens is 2. The van der Waals surface area contributed by atoms with E-state index in [1.807, 2.05) is 0 Å². The normalized spacial score (nSPS) is 11.7. The summed E-state index contributed by atoms with van der Waals surface area (Å²) in [4.78, 5) is 16.4. The molecule has 30 heavy (non-hydrogen) atoms. The Balaban J connectivity index is 1.95. The number of aliphatic hydroxyl groups excluding tert-OH is 1. The van der Waals surface area contributed by atoms with E-state index in [2.05, 4.69) is 20.1 Å². The predicted molar refractivity (Wildman–Crippen MR) is 104 cm³/mol. The number of alkyl halides is 2. The lowest BCUT2D eigenvalue weighted by atomic mass is 10.1. The zero-order chi connectivity index (χ0) is 21.9. The number of carbonyl (C=O) groups is 1. The highest BCUT2D eigenvalue weighted by molar-refractivity contribution is 5.84. The summed E-state index contributed by atoms with van der Waals surface area (Å²) in [5.41, 5.74) is 1.41. The Hall–Kier alpha value is -3.27. The van der Waals surface area contributed by atoms with Gasteiger partial charge in [-0.2, -0.15) is 13.9 Å². The smallest absolute Gasteiger partial charge is 0.407 e. The van der Waals surface area contributed by atoms with Gasteiger partial charge >= 0.3 is 12.7 Å². The summed E-state index contributed by atoms with van der Waals surface area (Å²) in [7, 11) is 0. The van der Waals surface area contributed by atoms with Crippen LogP contribution in [-0.2, 0) is 17.9 Å². The highest BCUT2D eigenvalue weighted by Crippen LogP contribution is 2.25. The maximum Gasteiger partial charge on any atom is 0.407 e. The van der Waals surface area contributed by atoms with E-state index in [0.717, 1.165) is 0 Å². The fourth-order valence-electron chi connectivity index (χ4n) is 2.86. The fraction of sp³-hybridized carbons (Fsp3) is 0.350. The molecule has 3 aromatic rings. The van der Waals surface area contributed by atoms with Crippen molar-refractivity contribution in [1.82, 2.24) is 20.1 Å². The summed E-state index contributed by atoms with van der Waals surface area (Å²) in [6, 6.07) is 7.56. The van der Waals surface area contributed by atoms with Gasteiger partial charge in [-0.3, -0.25) is 0 Å². The topological polar surface area (TPSA) is 98.5 Å². The van der Waals surface area contributed by atoms with Crippen LogP contribution in [0.15, 0.2) is 36.5 Å². The fourth-order valence-corrected chi connectivity index (χ4v) is 2.86.